The second-order valence-corrected chi connectivity index (χ2v) is 6.75. The van der Waals surface area contributed by atoms with Gasteiger partial charge in [-0.25, -0.2) is 9.97 Å². The third-order valence-corrected chi connectivity index (χ3v) is 5.26. The molecule has 3 rings (SSSR count). The van der Waals surface area contributed by atoms with E-state index >= 15 is 0 Å². The van der Waals surface area contributed by atoms with Gasteiger partial charge in [0.15, 0.2) is 5.13 Å². The van der Waals surface area contributed by atoms with Gasteiger partial charge in [-0.3, -0.25) is 4.79 Å². The van der Waals surface area contributed by atoms with E-state index in [9.17, 15) is 4.79 Å². The number of rotatable bonds is 3. The Bertz CT molecular complexity index is 687. The smallest absolute Gasteiger partial charge is 0.254 e. The molecule has 0 atom stereocenters. The molecule has 0 unspecified atom stereocenters. The zero-order chi connectivity index (χ0) is 16.4. The Balaban J connectivity index is 1.73. The number of pyridine rings is 1. The van der Waals surface area contributed by atoms with Crippen molar-refractivity contribution in [3.05, 3.63) is 34.5 Å². The van der Waals surface area contributed by atoms with Gasteiger partial charge in [-0.05, 0) is 26.0 Å². The van der Waals surface area contributed by atoms with Crippen molar-refractivity contribution in [2.24, 2.45) is 0 Å². The lowest BCUT2D eigenvalue weighted by Crippen LogP contribution is -2.47. The maximum atomic E-state index is 12.0. The van der Waals surface area contributed by atoms with Gasteiger partial charge in [-0.2, -0.15) is 0 Å². The first-order valence-corrected chi connectivity index (χ1v) is 8.53. The lowest BCUT2D eigenvalue weighted by atomic mass is 10.2. The standard InChI is InChI=1S/C16H21N5OS/c1-11-12(2)23-16(19-11)21-9-7-20(8-10-21)14-13(15(22)17-3)5-4-6-18-14/h4-6H,7-10H2,1-3H3,(H,17,22). The van der Waals surface area contributed by atoms with E-state index in [-0.39, 0.29) is 5.91 Å². The lowest BCUT2D eigenvalue weighted by Gasteiger charge is -2.35. The fraction of sp³-hybridized carbons (Fsp3) is 0.438. The average Bonchev–Trinajstić information content (AvgIpc) is 2.93. The Morgan fingerprint density at radius 1 is 1.22 bits per heavy atom. The minimum Gasteiger partial charge on any atom is -0.355 e. The number of thiazole rings is 1. The van der Waals surface area contributed by atoms with E-state index in [1.807, 2.05) is 6.07 Å². The molecule has 1 aliphatic rings. The Kier molecular flexibility index (Phi) is 4.47. The molecule has 7 heteroatoms. The van der Waals surface area contributed by atoms with Crippen molar-refractivity contribution in [3.63, 3.8) is 0 Å². The average molecular weight is 331 g/mol. The number of piperazine rings is 1. The molecule has 0 saturated carbocycles. The predicted molar refractivity (Wildman–Crippen MR) is 93.6 cm³/mol. The summed E-state index contributed by atoms with van der Waals surface area (Å²) < 4.78 is 0. The van der Waals surface area contributed by atoms with Crippen LogP contribution in [0.25, 0.3) is 0 Å². The van der Waals surface area contributed by atoms with E-state index in [2.05, 4.69) is 38.9 Å². The summed E-state index contributed by atoms with van der Waals surface area (Å²) in [6.45, 7) is 7.59. The summed E-state index contributed by atoms with van der Waals surface area (Å²) in [6.07, 6.45) is 1.74. The molecule has 3 heterocycles. The van der Waals surface area contributed by atoms with Crippen LogP contribution in [0.5, 0.6) is 0 Å². The van der Waals surface area contributed by atoms with Crippen LogP contribution in [0.1, 0.15) is 20.9 Å². The van der Waals surface area contributed by atoms with Crippen molar-refractivity contribution >= 4 is 28.2 Å². The van der Waals surface area contributed by atoms with Crippen LogP contribution in [0, 0.1) is 13.8 Å². The van der Waals surface area contributed by atoms with Gasteiger partial charge in [0.05, 0.1) is 11.3 Å². The molecule has 1 fully saturated rings. The molecular weight excluding hydrogens is 310 g/mol. The maximum Gasteiger partial charge on any atom is 0.254 e. The molecule has 0 spiro atoms. The molecule has 122 valence electrons. The highest BCUT2D eigenvalue weighted by Crippen LogP contribution is 2.27. The van der Waals surface area contributed by atoms with Crippen LogP contribution < -0.4 is 15.1 Å². The molecular formula is C16H21N5OS. The summed E-state index contributed by atoms with van der Waals surface area (Å²) in [6, 6.07) is 3.62. The van der Waals surface area contributed by atoms with Crippen molar-refractivity contribution in [1.82, 2.24) is 15.3 Å². The SMILES string of the molecule is CNC(=O)c1cccnc1N1CCN(c2nc(C)c(C)s2)CC1. The van der Waals surface area contributed by atoms with Crippen LogP contribution in [-0.4, -0.2) is 49.1 Å². The van der Waals surface area contributed by atoms with Crippen molar-refractivity contribution in [3.8, 4) is 0 Å². The summed E-state index contributed by atoms with van der Waals surface area (Å²) in [5.74, 6) is 0.666. The number of amides is 1. The van der Waals surface area contributed by atoms with Gasteiger partial charge < -0.3 is 15.1 Å². The number of aromatic nitrogens is 2. The molecule has 2 aromatic heterocycles. The molecule has 2 aromatic rings. The Morgan fingerprint density at radius 2 is 1.91 bits per heavy atom. The normalized spacial score (nSPS) is 14.9. The fourth-order valence-electron chi connectivity index (χ4n) is 2.66. The predicted octanol–water partition coefficient (Wildman–Crippen LogP) is 1.84. The summed E-state index contributed by atoms with van der Waals surface area (Å²) in [4.78, 5) is 26.8. The first-order chi connectivity index (χ1) is 11.1. The molecule has 0 aromatic carbocycles. The molecule has 1 amide bonds. The van der Waals surface area contributed by atoms with Crippen LogP contribution in [0.2, 0.25) is 0 Å². The molecule has 1 saturated heterocycles. The van der Waals surface area contributed by atoms with Crippen LogP contribution >= 0.6 is 11.3 Å². The number of carbonyl (C=O) groups excluding carboxylic acids is 1. The van der Waals surface area contributed by atoms with Gasteiger partial charge in [0.2, 0.25) is 0 Å². The minimum atomic E-state index is -0.0956. The van der Waals surface area contributed by atoms with Crippen molar-refractivity contribution in [1.29, 1.82) is 0 Å². The van der Waals surface area contributed by atoms with Gasteiger partial charge in [-0.1, -0.05) is 0 Å². The highest BCUT2D eigenvalue weighted by atomic mass is 32.1. The maximum absolute atomic E-state index is 12.0. The number of nitrogens with zero attached hydrogens (tertiary/aromatic N) is 4. The van der Waals surface area contributed by atoms with Crippen molar-refractivity contribution in [2.75, 3.05) is 43.0 Å². The summed E-state index contributed by atoms with van der Waals surface area (Å²) >= 11 is 1.75. The minimum absolute atomic E-state index is 0.0956. The fourth-order valence-corrected chi connectivity index (χ4v) is 3.62. The third-order valence-electron chi connectivity index (χ3n) is 4.13. The highest BCUT2D eigenvalue weighted by Gasteiger charge is 2.23. The summed E-state index contributed by atoms with van der Waals surface area (Å²) in [5.41, 5.74) is 1.74. The molecule has 0 aliphatic carbocycles. The number of nitrogens with one attached hydrogen (secondary N) is 1. The molecule has 23 heavy (non-hydrogen) atoms. The van der Waals surface area contributed by atoms with E-state index < -0.39 is 0 Å². The summed E-state index contributed by atoms with van der Waals surface area (Å²) in [5, 5.41) is 3.77. The van der Waals surface area contributed by atoms with Crippen molar-refractivity contribution in [2.45, 2.75) is 13.8 Å². The highest BCUT2D eigenvalue weighted by molar-refractivity contribution is 7.15. The number of carbonyl (C=O) groups is 1. The second kappa shape index (κ2) is 6.54. The Labute approximate surface area is 140 Å². The zero-order valence-electron chi connectivity index (χ0n) is 13.7. The second-order valence-electron chi connectivity index (χ2n) is 5.57. The van der Waals surface area contributed by atoms with E-state index in [1.165, 1.54) is 4.88 Å². The first kappa shape index (κ1) is 15.7. The van der Waals surface area contributed by atoms with E-state index in [4.69, 9.17) is 0 Å². The van der Waals surface area contributed by atoms with Gasteiger partial charge in [-0.15, -0.1) is 11.3 Å². The van der Waals surface area contributed by atoms with Crippen molar-refractivity contribution < 1.29 is 4.79 Å². The molecule has 1 N–H and O–H groups in total. The van der Waals surface area contributed by atoms with Crippen LogP contribution in [-0.2, 0) is 0 Å². The number of aryl methyl sites for hydroxylation is 2. The topological polar surface area (TPSA) is 61.4 Å². The molecule has 0 radical (unpaired) electrons. The Hall–Kier alpha value is -2.15. The molecule has 0 bridgehead atoms. The molecule has 6 nitrogen and oxygen atoms in total. The number of hydrogen-bond donors (Lipinski definition) is 1. The zero-order valence-corrected chi connectivity index (χ0v) is 14.5. The van der Waals surface area contributed by atoms with Gasteiger partial charge in [0.1, 0.15) is 5.82 Å². The summed E-state index contributed by atoms with van der Waals surface area (Å²) in [7, 11) is 1.64. The van der Waals surface area contributed by atoms with E-state index in [0.29, 0.717) is 5.56 Å². The van der Waals surface area contributed by atoms with Gasteiger partial charge in [0, 0.05) is 44.3 Å². The van der Waals surface area contributed by atoms with E-state index in [1.54, 1.807) is 30.6 Å². The lowest BCUT2D eigenvalue weighted by molar-refractivity contribution is 0.0963. The quantitative estimate of drug-likeness (QED) is 0.930. The Morgan fingerprint density at radius 3 is 2.52 bits per heavy atom. The van der Waals surface area contributed by atoms with Gasteiger partial charge in [0.25, 0.3) is 5.91 Å². The monoisotopic (exact) mass is 331 g/mol. The van der Waals surface area contributed by atoms with Crippen LogP contribution in [0.15, 0.2) is 18.3 Å². The van der Waals surface area contributed by atoms with E-state index in [0.717, 1.165) is 42.8 Å². The van der Waals surface area contributed by atoms with Crippen LogP contribution in [0.4, 0.5) is 10.9 Å². The van der Waals surface area contributed by atoms with Gasteiger partial charge >= 0.3 is 0 Å². The first-order valence-electron chi connectivity index (χ1n) is 7.71. The largest absolute Gasteiger partial charge is 0.355 e. The number of anilines is 2. The van der Waals surface area contributed by atoms with Crippen LogP contribution in [0.3, 0.4) is 0 Å². The molecule has 1 aliphatic heterocycles. The number of hydrogen-bond acceptors (Lipinski definition) is 6. The third kappa shape index (κ3) is 3.14.